The van der Waals surface area contributed by atoms with Gasteiger partial charge in [-0.3, -0.25) is 14.3 Å². The summed E-state index contributed by atoms with van der Waals surface area (Å²) in [4.78, 5) is 24.3. The molecular weight excluding hydrogens is 370 g/mol. The van der Waals surface area contributed by atoms with Gasteiger partial charge in [0.25, 0.3) is 0 Å². The van der Waals surface area contributed by atoms with Crippen molar-refractivity contribution >= 4 is 35.6 Å². The highest BCUT2D eigenvalue weighted by molar-refractivity contribution is 5.93. The number of ether oxygens (including phenoxy) is 1. The topological polar surface area (TPSA) is 97.3 Å². The maximum atomic E-state index is 12.2. The summed E-state index contributed by atoms with van der Waals surface area (Å²) in [5.74, 6) is 0.487. The van der Waals surface area contributed by atoms with E-state index in [9.17, 15) is 9.59 Å². The Hall–Kier alpha value is -2.58. The number of hydrogen-bond donors (Lipinski definition) is 3. The fourth-order valence-electron chi connectivity index (χ4n) is 2.86. The number of rotatable bonds is 6. The minimum absolute atomic E-state index is 0. The second-order valence-electron chi connectivity index (χ2n) is 6.24. The molecule has 1 atom stereocenters. The smallest absolute Gasteiger partial charge is 0.246 e. The summed E-state index contributed by atoms with van der Waals surface area (Å²) in [5.41, 5.74) is 1.28. The van der Waals surface area contributed by atoms with Gasteiger partial charge >= 0.3 is 0 Å². The van der Waals surface area contributed by atoms with Crippen molar-refractivity contribution in [2.75, 3.05) is 30.8 Å². The van der Waals surface area contributed by atoms with E-state index in [0.29, 0.717) is 17.9 Å². The van der Waals surface area contributed by atoms with Crippen molar-refractivity contribution in [2.45, 2.75) is 19.4 Å². The van der Waals surface area contributed by atoms with Gasteiger partial charge in [0.1, 0.15) is 12.3 Å². The molecule has 2 heterocycles. The highest BCUT2D eigenvalue weighted by atomic mass is 35.5. The molecule has 3 N–H and O–H groups in total. The first-order valence-electron chi connectivity index (χ1n) is 8.62. The van der Waals surface area contributed by atoms with Crippen molar-refractivity contribution in [2.24, 2.45) is 5.92 Å². The van der Waals surface area contributed by atoms with Crippen LogP contribution in [0.3, 0.4) is 0 Å². The van der Waals surface area contributed by atoms with E-state index in [0.717, 1.165) is 25.1 Å². The minimum atomic E-state index is -0.201. The normalized spacial score (nSPS) is 16.1. The van der Waals surface area contributed by atoms with Crippen LogP contribution in [0.4, 0.5) is 11.4 Å². The van der Waals surface area contributed by atoms with Gasteiger partial charge in [-0.1, -0.05) is 0 Å². The zero-order valence-electron chi connectivity index (χ0n) is 15.1. The molecule has 1 unspecified atom stereocenters. The molecule has 0 saturated carbocycles. The van der Waals surface area contributed by atoms with E-state index in [1.165, 1.54) is 4.68 Å². The molecule has 0 radical (unpaired) electrons. The Morgan fingerprint density at radius 2 is 2.04 bits per heavy atom. The average Bonchev–Trinajstić information content (AvgIpc) is 3.09. The highest BCUT2D eigenvalue weighted by Gasteiger charge is 2.21. The highest BCUT2D eigenvalue weighted by Crippen LogP contribution is 2.16. The Bertz CT molecular complexity index is 757. The Morgan fingerprint density at radius 3 is 2.70 bits per heavy atom. The summed E-state index contributed by atoms with van der Waals surface area (Å²) in [5, 5.41) is 13.0. The lowest BCUT2D eigenvalue weighted by molar-refractivity contribution is -0.120. The number of carbonyl (C=O) groups is 2. The molecule has 1 aliphatic heterocycles. The predicted molar refractivity (Wildman–Crippen MR) is 105 cm³/mol. The van der Waals surface area contributed by atoms with E-state index >= 15 is 0 Å². The lowest BCUT2D eigenvalue weighted by Gasteiger charge is -2.21. The first-order valence-corrected chi connectivity index (χ1v) is 8.62. The van der Waals surface area contributed by atoms with Gasteiger partial charge in [0.15, 0.2) is 0 Å². The summed E-state index contributed by atoms with van der Waals surface area (Å²) in [7, 11) is 1.59. The van der Waals surface area contributed by atoms with Crippen molar-refractivity contribution < 1.29 is 14.3 Å². The zero-order valence-corrected chi connectivity index (χ0v) is 15.9. The second kappa shape index (κ2) is 9.94. The SMILES string of the molecule is COc1ccc(NC(=O)Cn2cc(NC(=O)C3CCCNC3)cn2)cc1.Cl. The van der Waals surface area contributed by atoms with Crippen LogP contribution in [0, 0.1) is 5.92 Å². The Kier molecular flexibility index (Phi) is 7.63. The third-order valence-electron chi connectivity index (χ3n) is 4.25. The molecule has 0 bridgehead atoms. The summed E-state index contributed by atoms with van der Waals surface area (Å²) < 4.78 is 6.58. The van der Waals surface area contributed by atoms with Crippen LogP contribution in [-0.2, 0) is 16.1 Å². The van der Waals surface area contributed by atoms with E-state index < -0.39 is 0 Å². The van der Waals surface area contributed by atoms with E-state index in [-0.39, 0.29) is 36.7 Å². The molecule has 2 aromatic rings. The van der Waals surface area contributed by atoms with Gasteiger partial charge in [0.05, 0.1) is 24.9 Å². The van der Waals surface area contributed by atoms with Gasteiger partial charge in [0.2, 0.25) is 11.8 Å². The number of anilines is 2. The maximum Gasteiger partial charge on any atom is 0.246 e. The molecule has 1 aromatic heterocycles. The van der Waals surface area contributed by atoms with Crippen molar-refractivity contribution in [3.05, 3.63) is 36.7 Å². The molecule has 3 rings (SSSR count). The second-order valence-corrected chi connectivity index (χ2v) is 6.24. The first kappa shape index (κ1) is 20.7. The third-order valence-corrected chi connectivity index (χ3v) is 4.25. The Morgan fingerprint density at radius 1 is 1.26 bits per heavy atom. The van der Waals surface area contributed by atoms with Crippen molar-refractivity contribution in [1.82, 2.24) is 15.1 Å². The molecule has 8 nitrogen and oxygen atoms in total. The number of amides is 2. The summed E-state index contributed by atoms with van der Waals surface area (Å²) in [6.45, 7) is 1.72. The van der Waals surface area contributed by atoms with Gasteiger partial charge in [0, 0.05) is 18.4 Å². The molecule has 1 aliphatic rings. The molecule has 2 amide bonds. The van der Waals surface area contributed by atoms with Crippen LogP contribution >= 0.6 is 12.4 Å². The molecule has 1 saturated heterocycles. The lowest BCUT2D eigenvalue weighted by atomic mass is 9.99. The molecular formula is C18H24ClN5O3. The van der Waals surface area contributed by atoms with Crippen molar-refractivity contribution in [3.8, 4) is 5.75 Å². The predicted octanol–water partition coefficient (Wildman–Crippen LogP) is 1.89. The lowest BCUT2D eigenvalue weighted by Crippen LogP contribution is -2.37. The van der Waals surface area contributed by atoms with Crippen LogP contribution in [0.15, 0.2) is 36.7 Å². The minimum Gasteiger partial charge on any atom is -0.497 e. The molecule has 1 aromatic carbocycles. The number of nitrogens with zero attached hydrogens (tertiary/aromatic N) is 2. The molecule has 0 spiro atoms. The molecule has 0 aliphatic carbocycles. The maximum absolute atomic E-state index is 12.2. The number of carbonyl (C=O) groups excluding carboxylic acids is 2. The number of nitrogens with one attached hydrogen (secondary N) is 3. The fourth-order valence-corrected chi connectivity index (χ4v) is 2.86. The number of piperidine rings is 1. The largest absolute Gasteiger partial charge is 0.497 e. The van der Waals surface area contributed by atoms with E-state index in [4.69, 9.17) is 4.74 Å². The van der Waals surface area contributed by atoms with Crippen LogP contribution in [0.25, 0.3) is 0 Å². The van der Waals surface area contributed by atoms with Crippen LogP contribution in [0.1, 0.15) is 12.8 Å². The summed E-state index contributed by atoms with van der Waals surface area (Å²) in [6.07, 6.45) is 5.09. The Labute approximate surface area is 164 Å². The average molecular weight is 394 g/mol. The number of halogens is 1. The molecule has 1 fully saturated rings. The van der Waals surface area contributed by atoms with Crippen LogP contribution in [0.2, 0.25) is 0 Å². The van der Waals surface area contributed by atoms with Gasteiger partial charge in [-0.25, -0.2) is 0 Å². The fraction of sp³-hybridized carbons (Fsp3) is 0.389. The van der Waals surface area contributed by atoms with Gasteiger partial charge in [-0.2, -0.15) is 5.10 Å². The first-order chi connectivity index (χ1) is 12.6. The van der Waals surface area contributed by atoms with Crippen molar-refractivity contribution in [1.29, 1.82) is 0 Å². The number of hydrogen-bond acceptors (Lipinski definition) is 5. The number of aromatic nitrogens is 2. The quantitative estimate of drug-likeness (QED) is 0.696. The van der Waals surface area contributed by atoms with Crippen LogP contribution < -0.4 is 20.7 Å². The molecule has 27 heavy (non-hydrogen) atoms. The van der Waals surface area contributed by atoms with E-state index in [1.807, 2.05) is 0 Å². The van der Waals surface area contributed by atoms with Crippen LogP contribution in [-0.4, -0.2) is 41.8 Å². The number of benzene rings is 1. The molecule has 9 heteroatoms. The Balaban J connectivity index is 0.00000261. The standard InChI is InChI=1S/C18H23N5O3.ClH/c1-26-16-6-4-14(5-7-16)21-17(24)12-23-11-15(10-20-23)22-18(25)13-3-2-8-19-9-13;/h4-7,10-11,13,19H,2-3,8-9,12H2,1H3,(H,21,24)(H,22,25);1H. The van der Waals surface area contributed by atoms with Crippen molar-refractivity contribution in [3.63, 3.8) is 0 Å². The van der Waals surface area contributed by atoms with Crippen LogP contribution in [0.5, 0.6) is 5.75 Å². The van der Waals surface area contributed by atoms with E-state index in [1.54, 1.807) is 43.8 Å². The van der Waals surface area contributed by atoms with Gasteiger partial charge in [-0.05, 0) is 43.7 Å². The number of methoxy groups -OCH3 is 1. The molecule has 146 valence electrons. The summed E-state index contributed by atoms with van der Waals surface area (Å²) >= 11 is 0. The van der Waals surface area contributed by atoms with Gasteiger partial charge < -0.3 is 20.7 Å². The van der Waals surface area contributed by atoms with Gasteiger partial charge in [-0.15, -0.1) is 12.4 Å². The van der Waals surface area contributed by atoms with E-state index in [2.05, 4.69) is 21.0 Å². The monoisotopic (exact) mass is 393 g/mol. The third kappa shape index (κ3) is 5.97. The zero-order chi connectivity index (χ0) is 18.4. The summed E-state index contributed by atoms with van der Waals surface area (Å²) in [6, 6.07) is 7.09.